The molecule has 0 aliphatic carbocycles. The van der Waals surface area contributed by atoms with Crippen LogP contribution in [0.25, 0.3) is 28.2 Å². The van der Waals surface area contributed by atoms with E-state index in [1.165, 1.54) is 6.33 Å². The van der Waals surface area contributed by atoms with Gasteiger partial charge in [-0.2, -0.15) is 10.2 Å². The van der Waals surface area contributed by atoms with Crippen LogP contribution in [0.4, 0.5) is 10.6 Å². The number of amides is 1. The van der Waals surface area contributed by atoms with Crippen molar-refractivity contribution in [2.24, 2.45) is 5.92 Å². The van der Waals surface area contributed by atoms with Crippen LogP contribution in [-0.4, -0.2) is 62.8 Å². The average Bonchev–Trinajstić information content (AvgIpc) is 3.59. The van der Waals surface area contributed by atoms with E-state index in [2.05, 4.69) is 48.7 Å². The summed E-state index contributed by atoms with van der Waals surface area (Å²) < 4.78 is 14.6. The minimum atomic E-state index is -1.17. The number of carbonyl (C=O) groups excluding carboxylic acids is 1. The highest BCUT2D eigenvalue weighted by atomic mass is 35.5. The van der Waals surface area contributed by atoms with Gasteiger partial charge in [0.15, 0.2) is 11.5 Å². The molecule has 5 rings (SSSR count). The third kappa shape index (κ3) is 5.31. The molecule has 1 aromatic carbocycles. The molecule has 0 radical (unpaired) electrons. The quantitative estimate of drug-likeness (QED) is 0.196. The predicted molar refractivity (Wildman–Crippen MR) is 149 cm³/mol. The van der Waals surface area contributed by atoms with Crippen molar-refractivity contribution in [2.75, 3.05) is 18.1 Å². The van der Waals surface area contributed by atoms with E-state index in [0.29, 0.717) is 42.3 Å². The summed E-state index contributed by atoms with van der Waals surface area (Å²) >= 11 is 6.76. The lowest BCUT2D eigenvalue weighted by Gasteiger charge is -2.23. The molecule has 10 nitrogen and oxygen atoms in total. The average molecular weight is 554 g/mol. The number of fused-ring (bicyclic) bond motifs is 1. The zero-order valence-electron chi connectivity index (χ0n) is 22.3. The zero-order chi connectivity index (χ0) is 27.0. The Balaban J connectivity index is 1.41. The topological polar surface area (TPSA) is 99.7 Å². The first-order valence-electron chi connectivity index (χ1n) is 12.7. The number of nitrogens with zero attached hydrogens (tertiary/aromatic N) is 7. The molecule has 0 N–H and O–H groups in total. The minimum Gasteiger partial charge on any atom is -0.447 e. The van der Waals surface area contributed by atoms with Crippen molar-refractivity contribution < 1.29 is 14.3 Å². The number of anilines is 1. The second-order valence-corrected chi connectivity index (χ2v) is 17.0. The van der Waals surface area contributed by atoms with Crippen LogP contribution in [0.5, 0.6) is 0 Å². The van der Waals surface area contributed by atoms with E-state index in [0.717, 1.165) is 22.7 Å². The summed E-state index contributed by atoms with van der Waals surface area (Å²) in [4.78, 5) is 23.3. The van der Waals surface area contributed by atoms with Gasteiger partial charge in [0, 0.05) is 32.0 Å². The lowest BCUT2D eigenvalue weighted by molar-refractivity contribution is 0.0796. The van der Waals surface area contributed by atoms with Gasteiger partial charge in [0.2, 0.25) is 0 Å². The number of aromatic nitrogens is 6. The first-order valence-corrected chi connectivity index (χ1v) is 16.8. The van der Waals surface area contributed by atoms with Gasteiger partial charge in [-0.25, -0.2) is 24.0 Å². The molecule has 12 heteroatoms. The van der Waals surface area contributed by atoms with Crippen molar-refractivity contribution in [1.29, 1.82) is 0 Å². The first-order chi connectivity index (χ1) is 18.1. The van der Waals surface area contributed by atoms with E-state index < -0.39 is 8.07 Å². The molecule has 0 spiro atoms. The lowest BCUT2D eigenvalue weighted by Crippen LogP contribution is -2.37. The van der Waals surface area contributed by atoms with Crippen LogP contribution in [0.15, 0.2) is 43.0 Å². The molecular weight excluding hydrogens is 522 g/mol. The van der Waals surface area contributed by atoms with Crippen LogP contribution in [-0.2, 0) is 16.2 Å². The summed E-state index contributed by atoms with van der Waals surface area (Å²) in [6.07, 6.45) is 4.66. The van der Waals surface area contributed by atoms with E-state index in [4.69, 9.17) is 26.1 Å². The van der Waals surface area contributed by atoms with Crippen molar-refractivity contribution in [3.8, 4) is 22.5 Å². The Kier molecular flexibility index (Phi) is 7.25. The normalized spacial score (nSPS) is 16.1. The van der Waals surface area contributed by atoms with Crippen LogP contribution in [0.3, 0.4) is 0 Å². The Morgan fingerprint density at radius 1 is 1.18 bits per heavy atom. The standard InChI is InChI=1S/C26H32ClN7O3Si/c1-17(2)22-14-37-26(35)34(22)23-8-9-32-25(31-23)20(13-29-32)18-6-7-19(21(27)12-18)24-28-15-30-33(24)16-36-10-11-38(3,4)5/h6-9,12-13,15,17,22H,10-11,14,16H2,1-5H3. The Hall–Kier alpha value is -3.28. The fourth-order valence-electron chi connectivity index (χ4n) is 4.35. The van der Waals surface area contributed by atoms with Gasteiger partial charge in [0.25, 0.3) is 0 Å². The third-order valence-electron chi connectivity index (χ3n) is 6.62. The molecule has 1 aliphatic rings. The van der Waals surface area contributed by atoms with Crippen LogP contribution in [0, 0.1) is 5.92 Å². The number of carbonyl (C=O) groups is 1. The van der Waals surface area contributed by atoms with Gasteiger partial charge in [0.1, 0.15) is 25.5 Å². The highest BCUT2D eigenvalue weighted by molar-refractivity contribution is 6.76. The van der Waals surface area contributed by atoms with Crippen LogP contribution < -0.4 is 4.90 Å². The van der Waals surface area contributed by atoms with Gasteiger partial charge in [-0.1, -0.05) is 51.2 Å². The minimum absolute atomic E-state index is 0.0746. The molecule has 1 saturated heterocycles. The molecule has 1 amide bonds. The summed E-state index contributed by atoms with van der Waals surface area (Å²) in [5, 5.41) is 9.29. The number of hydrogen-bond acceptors (Lipinski definition) is 7. The van der Waals surface area contributed by atoms with Crippen molar-refractivity contribution in [2.45, 2.75) is 52.3 Å². The largest absolute Gasteiger partial charge is 0.447 e. The maximum Gasteiger partial charge on any atom is 0.415 e. The van der Waals surface area contributed by atoms with Crippen LogP contribution in [0.1, 0.15) is 13.8 Å². The molecule has 200 valence electrons. The molecule has 3 aromatic heterocycles. The summed E-state index contributed by atoms with van der Waals surface area (Å²) in [5.74, 6) is 1.40. The van der Waals surface area contributed by atoms with Gasteiger partial charge >= 0.3 is 6.09 Å². The van der Waals surface area contributed by atoms with Crippen molar-refractivity contribution in [1.82, 2.24) is 29.4 Å². The summed E-state index contributed by atoms with van der Waals surface area (Å²) in [6.45, 7) is 12.4. The maximum atomic E-state index is 12.5. The van der Waals surface area contributed by atoms with Crippen LogP contribution in [0.2, 0.25) is 30.7 Å². The van der Waals surface area contributed by atoms with E-state index in [1.807, 2.05) is 18.2 Å². The highest BCUT2D eigenvalue weighted by Gasteiger charge is 2.37. The predicted octanol–water partition coefficient (Wildman–Crippen LogP) is 5.60. The number of cyclic esters (lactones) is 1. The Morgan fingerprint density at radius 2 is 2.00 bits per heavy atom. The molecule has 38 heavy (non-hydrogen) atoms. The number of halogens is 1. The second kappa shape index (κ2) is 10.5. The van der Waals surface area contributed by atoms with Crippen molar-refractivity contribution >= 4 is 37.2 Å². The summed E-state index contributed by atoms with van der Waals surface area (Å²) in [7, 11) is -1.17. The maximum absolute atomic E-state index is 12.5. The number of ether oxygens (including phenoxy) is 2. The number of rotatable bonds is 9. The molecule has 0 bridgehead atoms. The molecule has 1 unspecified atom stereocenters. The monoisotopic (exact) mass is 553 g/mol. The van der Waals surface area contributed by atoms with Gasteiger partial charge < -0.3 is 9.47 Å². The fourth-order valence-corrected chi connectivity index (χ4v) is 5.37. The van der Waals surface area contributed by atoms with E-state index >= 15 is 0 Å². The van der Waals surface area contributed by atoms with Gasteiger partial charge in [-0.3, -0.25) is 4.90 Å². The van der Waals surface area contributed by atoms with Gasteiger partial charge in [-0.05, 0) is 35.7 Å². The van der Waals surface area contributed by atoms with Gasteiger partial charge in [-0.15, -0.1) is 0 Å². The van der Waals surface area contributed by atoms with Crippen molar-refractivity contribution in [3.63, 3.8) is 0 Å². The third-order valence-corrected chi connectivity index (χ3v) is 8.64. The van der Waals surface area contributed by atoms with Crippen molar-refractivity contribution in [3.05, 3.63) is 48.0 Å². The van der Waals surface area contributed by atoms with E-state index in [9.17, 15) is 4.79 Å². The SMILES string of the molecule is CC(C)C1COC(=O)N1c1ccn2ncc(-c3ccc(-c4ncnn4COCC[Si](C)(C)C)c(Cl)c3)c2n1. The fraction of sp³-hybridized carbons (Fsp3) is 0.423. The zero-order valence-corrected chi connectivity index (χ0v) is 24.0. The molecule has 4 heterocycles. The van der Waals surface area contributed by atoms with Gasteiger partial charge in [0.05, 0.1) is 17.3 Å². The Bertz CT molecular complexity index is 1460. The molecule has 1 atom stereocenters. The molecule has 1 aliphatic heterocycles. The van der Waals surface area contributed by atoms with E-state index in [-0.39, 0.29) is 18.1 Å². The van der Waals surface area contributed by atoms with Crippen LogP contribution >= 0.6 is 11.6 Å². The lowest BCUT2D eigenvalue weighted by atomic mass is 10.0. The molecule has 4 aromatic rings. The first kappa shape index (κ1) is 26.3. The molecule has 1 fully saturated rings. The summed E-state index contributed by atoms with van der Waals surface area (Å²) in [5.41, 5.74) is 3.02. The number of hydrogen-bond donors (Lipinski definition) is 0. The van der Waals surface area contributed by atoms with E-state index in [1.54, 1.807) is 32.6 Å². The molecule has 0 saturated carbocycles. The second-order valence-electron chi connectivity index (χ2n) is 11.0. The smallest absolute Gasteiger partial charge is 0.415 e. The highest BCUT2D eigenvalue weighted by Crippen LogP contribution is 2.34. The Morgan fingerprint density at radius 3 is 2.74 bits per heavy atom. The summed E-state index contributed by atoms with van der Waals surface area (Å²) in [6, 6.07) is 8.53. The molecular formula is C26H32ClN7O3Si. The number of benzene rings is 1. The Labute approximate surface area is 227 Å².